The van der Waals surface area contributed by atoms with Crippen molar-refractivity contribution in [3.05, 3.63) is 0 Å². The number of aliphatic hydroxyl groups is 1. The largest absolute Gasteiger partial charge is 0.469 e. The molecule has 0 aromatic rings. The molecule has 0 spiro atoms. The van der Waals surface area contributed by atoms with Crippen molar-refractivity contribution in [1.29, 1.82) is 0 Å². The average Bonchev–Trinajstić information content (AvgIpc) is 2.99. The highest BCUT2D eigenvalue weighted by Crippen LogP contribution is 2.36. The second-order valence-corrected chi connectivity index (χ2v) is 14.5. The van der Waals surface area contributed by atoms with Crippen LogP contribution in [0.4, 0.5) is 0 Å². The maximum Gasteiger partial charge on any atom is 0.469 e. The minimum absolute atomic E-state index is 0.191. The molecule has 0 saturated carbocycles. The number of carbonyl (C=O) groups excluding carboxylic acids is 1. The van der Waals surface area contributed by atoms with E-state index >= 15 is 0 Å². The van der Waals surface area contributed by atoms with E-state index in [0.29, 0.717) is 12.8 Å². The van der Waals surface area contributed by atoms with Gasteiger partial charge < -0.3 is 20.2 Å². The molecule has 4 N–H and O–H groups in total. The zero-order chi connectivity index (χ0) is 32.6. The lowest BCUT2D eigenvalue weighted by Gasteiger charge is -2.24. The van der Waals surface area contributed by atoms with Gasteiger partial charge in [-0.15, -0.1) is 0 Å². The summed E-state index contributed by atoms with van der Waals surface area (Å²) >= 11 is 0. The summed E-state index contributed by atoms with van der Waals surface area (Å²) in [5, 5.41) is 13.5. The molecule has 0 aliphatic rings. The van der Waals surface area contributed by atoms with Crippen molar-refractivity contribution in [1.82, 2.24) is 5.32 Å². The van der Waals surface area contributed by atoms with E-state index in [0.717, 1.165) is 38.5 Å². The number of amides is 1. The average molecular weight is 648 g/mol. The summed E-state index contributed by atoms with van der Waals surface area (Å²) in [5.74, 6) is -0.191. The summed E-state index contributed by atoms with van der Waals surface area (Å²) in [7, 11) is -4.68. The molecule has 8 heteroatoms. The lowest BCUT2D eigenvalue weighted by molar-refractivity contribution is -0.123. The summed E-state index contributed by atoms with van der Waals surface area (Å²) in [6.07, 6.45) is 35.1. The molecule has 0 fully saturated rings. The standard InChI is InChI=1S/C36H74NO6P/c1-3-5-7-9-11-13-15-17-18-19-20-22-24-26-28-30-32-36(39)37-34(33-43-44(40,41)42)35(38)31-29-27-25-23-21-16-14-12-10-8-6-4-2/h34-35,38H,3-33H2,1-2H3,(H,37,39)(H2,40,41,42)/t34-,35+/m0/s1. The van der Waals surface area contributed by atoms with Gasteiger partial charge in [0.05, 0.1) is 18.8 Å². The molecule has 0 saturated heterocycles. The van der Waals surface area contributed by atoms with Crippen LogP contribution in [-0.4, -0.2) is 39.6 Å². The number of hydrogen-bond acceptors (Lipinski definition) is 4. The van der Waals surface area contributed by atoms with Crippen molar-refractivity contribution in [3.63, 3.8) is 0 Å². The first-order valence-corrected chi connectivity index (χ1v) is 20.5. The van der Waals surface area contributed by atoms with Crippen LogP contribution in [0.3, 0.4) is 0 Å². The molecule has 0 rings (SSSR count). The van der Waals surface area contributed by atoms with E-state index in [2.05, 4.69) is 23.7 Å². The zero-order valence-corrected chi connectivity index (χ0v) is 30.0. The quantitative estimate of drug-likeness (QED) is 0.0402. The fourth-order valence-electron chi connectivity index (χ4n) is 5.93. The van der Waals surface area contributed by atoms with Crippen molar-refractivity contribution >= 4 is 13.7 Å². The molecular formula is C36H74NO6P. The van der Waals surface area contributed by atoms with Crippen molar-refractivity contribution < 1.29 is 28.8 Å². The van der Waals surface area contributed by atoms with Gasteiger partial charge in [0.25, 0.3) is 0 Å². The Balaban J connectivity index is 3.92. The maximum absolute atomic E-state index is 12.5. The van der Waals surface area contributed by atoms with Crippen molar-refractivity contribution in [3.8, 4) is 0 Å². The smallest absolute Gasteiger partial charge is 0.391 e. The Morgan fingerprint density at radius 3 is 1.23 bits per heavy atom. The van der Waals surface area contributed by atoms with Gasteiger partial charge >= 0.3 is 7.82 Å². The van der Waals surface area contributed by atoms with Crippen molar-refractivity contribution in [2.45, 2.75) is 219 Å². The number of rotatable bonds is 35. The molecule has 0 heterocycles. The Labute approximate surface area is 272 Å². The molecule has 0 aromatic heterocycles. The molecule has 264 valence electrons. The molecule has 0 radical (unpaired) electrons. The Hall–Kier alpha value is -0.460. The van der Waals surface area contributed by atoms with Crippen LogP contribution in [0.15, 0.2) is 0 Å². The molecule has 7 nitrogen and oxygen atoms in total. The highest BCUT2D eigenvalue weighted by Gasteiger charge is 2.25. The van der Waals surface area contributed by atoms with E-state index in [4.69, 9.17) is 9.79 Å². The van der Waals surface area contributed by atoms with Gasteiger partial charge in [0.15, 0.2) is 0 Å². The van der Waals surface area contributed by atoms with Gasteiger partial charge in [-0.3, -0.25) is 9.32 Å². The van der Waals surface area contributed by atoms with E-state index in [-0.39, 0.29) is 5.91 Å². The normalized spacial score (nSPS) is 13.3. The number of phosphoric ester groups is 1. The van der Waals surface area contributed by atoms with E-state index < -0.39 is 26.6 Å². The highest BCUT2D eigenvalue weighted by molar-refractivity contribution is 7.46. The second-order valence-electron chi connectivity index (χ2n) is 13.3. The summed E-state index contributed by atoms with van der Waals surface area (Å²) in [6.45, 7) is 4.12. The van der Waals surface area contributed by atoms with Gasteiger partial charge in [-0.25, -0.2) is 4.57 Å². The third kappa shape index (κ3) is 32.9. The summed E-state index contributed by atoms with van der Waals surface area (Å²) in [5.41, 5.74) is 0. The monoisotopic (exact) mass is 648 g/mol. The van der Waals surface area contributed by atoms with Crippen LogP contribution in [0, 0.1) is 0 Å². The van der Waals surface area contributed by atoms with Crippen LogP contribution in [-0.2, 0) is 13.9 Å². The third-order valence-corrected chi connectivity index (χ3v) is 9.33. The molecule has 0 aromatic carbocycles. The topological polar surface area (TPSA) is 116 Å². The van der Waals surface area contributed by atoms with E-state index in [1.54, 1.807) is 0 Å². The maximum atomic E-state index is 12.5. The van der Waals surface area contributed by atoms with Crippen LogP contribution in [0.1, 0.15) is 206 Å². The Morgan fingerprint density at radius 1 is 0.568 bits per heavy atom. The minimum atomic E-state index is -4.68. The molecule has 2 atom stereocenters. The van der Waals surface area contributed by atoms with Crippen molar-refractivity contribution in [2.24, 2.45) is 0 Å². The third-order valence-electron chi connectivity index (χ3n) is 8.84. The van der Waals surface area contributed by atoms with Gasteiger partial charge in [-0.1, -0.05) is 187 Å². The first-order chi connectivity index (χ1) is 21.3. The van der Waals surface area contributed by atoms with Gasteiger partial charge in [0.2, 0.25) is 5.91 Å². The Morgan fingerprint density at radius 2 is 0.886 bits per heavy atom. The lowest BCUT2D eigenvalue weighted by Crippen LogP contribution is -2.46. The number of hydrogen-bond donors (Lipinski definition) is 4. The van der Waals surface area contributed by atoms with Crippen LogP contribution in [0.5, 0.6) is 0 Å². The first-order valence-electron chi connectivity index (χ1n) is 19.0. The first kappa shape index (κ1) is 43.5. The number of unbranched alkanes of at least 4 members (excludes halogenated alkanes) is 26. The molecule has 0 aliphatic carbocycles. The van der Waals surface area contributed by atoms with Crippen LogP contribution in [0.25, 0.3) is 0 Å². The molecular weight excluding hydrogens is 573 g/mol. The van der Waals surface area contributed by atoms with Gasteiger partial charge in [0, 0.05) is 6.42 Å². The van der Waals surface area contributed by atoms with Gasteiger partial charge in [-0.2, -0.15) is 0 Å². The molecule has 1 amide bonds. The fourth-order valence-corrected chi connectivity index (χ4v) is 6.29. The van der Waals surface area contributed by atoms with Crippen molar-refractivity contribution in [2.75, 3.05) is 6.61 Å². The molecule has 44 heavy (non-hydrogen) atoms. The zero-order valence-electron chi connectivity index (χ0n) is 29.1. The van der Waals surface area contributed by atoms with E-state index in [1.807, 2.05) is 0 Å². The van der Waals surface area contributed by atoms with Crippen LogP contribution in [0.2, 0.25) is 0 Å². The number of phosphoric acid groups is 1. The number of aliphatic hydroxyl groups excluding tert-OH is 1. The summed E-state index contributed by atoms with van der Waals surface area (Å²) in [4.78, 5) is 30.8. The molecule has 0 unspecified atom stereocenters. The highest BCUT2D eigenvalue weighted by atomic mass is 31.2. The summed E-state index contributed by atoms with van der Waals surface area (Å²) < 4.78 is 15.9. The minimum Gasteiger partial charge on any atom is -0.391 e. The SMILES string of the molecule is CCCCCCCCCCCCCCCCCCC(=O)N[C@@H](COP(=O)(O)O)[C@H](O)CCCCCCCCCCCCCC. The molecule has 0 bridgehead atoms. The number of carbonyl (C=O) groups is 1. The van der Waals surface area contributed by atoms with E-state index in [1.165, 1.54) is 141 Å². The second kappa shape index (κ2) is 32.5. The summed E-state index contributed by atoms with van der Waals surface area (Å²) in [6, 6.07) is -0.816. The fraction of sp³-hybridized carbons (Fsp3) is 0.972. The van der Waals surface area contributed by atoms with Crippen LogP contribution >= 0.6 is 7.82 Å². The van der Waals surface area contributed by atoms with Crippen LogP contribution < -0.4 is 5.32 Å². The number of nitrogens with one attached hydrogen (secondary N) is 1. The Kier molecular flexibility index (Phi) is 32.1. The molecule has 0 aliphatic heterocycles. The van der Waals surface area contributed by atoms with Gasteiger partial charge in [-0.05, 0) is 12.8 Å². The van der Waals surface area contributed by atoms with E-state index in [9.17, 15) is 14.5 Å². The predicted molar refractivity (Wildman–Crippen MR) is 186 cm³/mol. The Bertz CT molecular complexity index is 659. The lowest BCUT2D eigenvalue weighted by atomic mass is 10.0. The predicted octanol–water partition coefficient (Wildman–Crippen LogP) is 10.7. The van der Waals surface area contributed by atoms with Gasteiger partial charge in [0.1, 0.15) is 0 Å².